The van der Waals surface area contributed by atoms with E-state index in [9.17, 15) is 0 Å². The summed E-state index contributed by atoms with van der Waals surface area (Å²) < 4.78 is 0. The van der Waals surface area contributed by atoms with Gasteiger partial charge in [0.05, 0.1) is 11.8 Å². The van der Waals surface area contributed by atoms with Crippen LogP contribution < -0.4 is 5.73 Å². The molecule has 0 heterocycles. The minimum Gasteiger partial charge on any atom is -0.368 e. The fourth-order valence-corrected chi connectivity index (χ4v) is 0.468. The molecule has 0 spiro atoms. The highest BCUT2D eigenvalue weighted by atomic mass is 15.0. The average Bonchev–Trinajstić information content (AvgIpc) is 1.87. The Morgan fingerprint density at radius 3 is 2.73 bits per heavy atom. The number of rotatable bonds is 1. The van der Waals surface area contributed by atoms with Gasteiger partial charge >= 0.3 is 0 Å². The van der Waals surface area contributed by atoms with Crippen LogP contribution in [0.1, 0.15) is 13.8 Å². The average molecular weight is 150 g/mol. The highest BCUT2D eigenvalue weighted by Crippen LogP contribution is 1.92. The van der Waals surface area contributed by atoms with E-state index in [0.717, 1.165) is 0 Å². The van der Waals surface area contributed by atoms with Crippen LogP contribution in [-0.4, -0.2) is 12.2 Å². The molecule has 0 aromatic carbocycles. The molecule has 0 rings (SSSR count). The summed E-state index contributed by atoms with van der Waals surface area (Å²) in [6, 6.07) is 1.84. The Morgan fingerprint density at radius 1 is 1.64 bits per heavy atom. The first-order valence-corrected chi connectivity index (χ1v) is 3.10. The van der Waals surface area contributed by atoms with Gasteiger partial charge in [-0.1, -0.05) is 0 Å². The predicted octanol–water partition coefficient (Wildman–Crippen LogP) is 0.819. The first-order valence-electron chi connectivity index (χ1n) is 3.10. The number of allylic oxidation sites excluding steroid dienone is 2. The molecule has 0 saturated heterocycles. The minimum absolute atomic E-state index is 0.163. The summed E-state index contributed by atoms with van der Waals surface area (Å²) in [5, 5.41) is 8.20. The third-order valence-corrected chi connectivity index (χ3v) is 0.826. The third-order valence-electron chi connectivity index (χ3n) is 0.826. The second-order valence-corrected chi connectivity index (χ2v) is 1.77. The van der Waals surface area contributed by atoms with Gasteiger partial charge in [-0.25, -0.2) is 9.98 Å². The van der Waals surface area contributed by atoms with Gasteiger partial charge < -0.3 is 5.73 Å². The largest absolute Gasteiger partial charge is 0.368 e. The van der Waals surface area contributed by atoms with Crippen LogP contribution >= 0.6 is 0 Å². The summed E-state index contributed by atoms with van der Waals surface area (Å²) in [6.45, 7) is 3.42. The maximum Gasteiger partial charge on any atom is 0.219 e. The molecule has 0 atom stereocenters. The van der Waals surface area contributed by atoms with Crippen molar-refractivity contribution >= 4 is 12.2 Å². The number of nitrogens with two attached hydrogens (primary N) is 1. The Hall–Kier alpha value is -1.63. The first kappa shape index (κ1) is 9.37. The van der Waals surface area contributed by atoms with E-state index in [1.165, 1.54) is 6.08 Å². The highest BCUT2D eigenvalue weighted by molar-refractivity contribution is 5.86. The van der Waals surface area contributed by atoms with Crippen molar-refractivity contribution in [2.75, 3.05) is 0 Å². The van der Waals surface area contributed by atoms with E-state index < -0.39 is 0 Å². The Labute approximate surface area is 65.8 Å². The lowest BCUT2D eigenvalue weighted by molar-refractivity contribution is 1.27. The fraction of sp³-hybridized carbons (Fsp3) is 0.286. The predicted molar refractivity (Wildman–Crippen MR) is 45.2 cm³/mol. The molecule has 0 unspecified atom stereocenters. The van der Waals surface area contributed by atoms with Gasteiger partial charge in [0.25, 0.3) is 0 Å². The van der Waals surface area contributed by atoms with Gasteiger partial charge in [-0.05, 0) is 13.8 Å². The molecule has 11 heavy (non-hydrogen) atoms. The summed E-state index contributed by atoms with van der Waals surface area (Å²) in [4.78, 5) is 7.49. The van der Waals surface area contributed by atoms with E-state index in [-0.39, 0.29) is 5.96 Å². The second-order valence-electron chi connectivity index (χ2n) is 1.77. The van der Waals surface area contributed by atoms with E-state index in [0.29, 0.717) is 5.70 Å². The second kappa shape index (κ2) is 5.18. The minimum atomic E-state index is 0.163. The third kappa shape index (κ3) is 4.85. The topological polar surface area (TPSA) is 74.5 Å². The molecule has 0 bridgehead atoms. The molecule has 0 aliphatic rings. The molecule has 0 aromatic rings. The molecule has 0 aromatic heterocycles. The molecule has 0 amide bonds. The van der Waals surface area contributed by atoms with E-state index in [1.807, 2.05) is 6.07 Å². The summed E-state index contributed by atoms with van der Waals surface area (Å²) in [6.07, 6.45) is 2.84. The Kier molecular flexibility index (Phi) is 4.41. The zero-order valence-corrected chi connectivity index (χ0v) is 6.57. The van der Waals surface area contributed by atoms with E-state index in [2.05, 4.69) is 9.98 Å². The quantitative estimate of drug-likeness (QED) is 0.341. The fourth-order valence-electron chi connectivity index (χ4n) is 0.468. The van der Waals surface area contributed by atoms with Crippen molar-refractivity contribution in [3.8, 4) is 6.07 Å². The number of hydrogen-bond donors (Lipinski definition) is 1. The summed E-state index contributed by atoms with van der Waals surface area (Å²) >= 11 is 0. The smallest absolute Gasteiger partial charge is 0.219 e. The van der Waals surface area contributed by atoms with E-state index >= 15 is 0 Å². The van der Waals surface area contributed by atoms with Gasteiger partial charge in [0.1, 0.15) is 0 Å². The summed E-state index contributed by atoms with van der Waals surface area (Å²) in [5.41, 5.74) is 5.87. The Morgan fingerprint density at radius 2 is 2.27 bits per heavy atom. The zero-order valence-electron chi connectivity index (χ0n) is 6.57. The van der Waals surface area contributed by atoms with Crippen molar-refractivity contribution in [2.24, 2.45) is 15.7 Å². The molecular formula is C7H10N4. The number of guanidine groups is 1. The molecule has 4 nitrogen and oxygen atoms in total. The number of hydrogen-bond acceptors (Lipinski definition) is 2. The van der Waals surface area contributed by atoms with Crippen molar-refractivity contribution in [3.63, 3.8) is 0 Å². The maximum atomic E-state index is 8.20. The van der Waals surface area contributed by atoms with Gasteiger partial charge in [-0.2, -0.15) is 5.26 Å². The Balaban J connectivity index is 4.33. The first-order chi connectivity index (χ1) is 5.20. The molecule has 2 N–H and O–H groups in total. The standard InChI is InChI=1S/C7H10N4/c1-3-10-7(9)11-6(2)4-5-8/h3-4H,1-2H3,(H2,9,11)/b6-4+,10-3?. The van der Waals surface area contributed by atoms with Gasteiger partial charge in [-0.3, -0.25) is 0 Å². The summed E-state index contributed by atoms with van der Waals surface area (Å²) in [5.74, 6) is 0.163. The van der Waals surface area contributed by atoms with Crippen LogP contribution in [0.2, 0.25) is 0 Å². The molecule has 0 fully saturated rings. The lowest BCUT2D eigenvalue weighted by Gasteiger charge is -1.89. The van der Waals surface area contributed by atoms with Crippen LogP contribution in [0.5, 0.6) is 0 Å². The van der Waals surface area contributed by atoms with Crippen LogP contribution in [0.15, 0.2) is 21.8 Å². The van der Waals surface area contributed by atoms with Gasteiger partial charge in [0.15, 0.2) is 0 Å². The SMILES string of the molecule is CC=NC(N)=N/C(C)=C/C#N. The molecular weight excluding hydrogens is 140 g/mol. The molecule has 0 aliphatic carbocycles. The zero-order chi connectivity index (χ0) is 8.69. The number of aliphatic imine (C=N–C) groups is 2. The van der Waals surface area contributed by atoms with Gasteiger partial charge in [-0.15, -0.1) is 0 Å². The van der Waals surface area contributed by atoms with Crippen LogP contribution in [-0.2, 0) is 0 Å². The lowest BCUT2D eigenvalue weighted by Crippen LogP contribution is -2.07. The van der Waals surface area contributed by atoms with E-state index in [4.69, 9.17) is 11.0 Å². The van der Waals surface area contributed by atoms with E-state index in [1.54, 1.807) is 20.1 Å². The van der Waals surface area contributed by atoms with Gasteiger partial charge in [0, 0.05) is 12.3 Å². The van der Waals surface area contributed by atoms with Gasteiger partial charge in [0.2, 0.25) is 5.96 Å². The maximum absolute atomic E-state index is 8.20. The van der Waals surface area contributed by atoms with Crippen LogP contribution in [0.3, 0.4) is 0 Å². The number of nitrogens with zero attached hydrogens (tertiary/aromatic N) is 3. The Bertz CT molecular complexity index is 242. The summed E-state index contributed by atoms with van der Waals surface area (Å²) in [7, 11) is 0. The van der Waals surface area contributed by atoms with Crippen molar-refractivity contribution < 1.29 is 0 Å². The van der Waals surface area contributed by atoms with Crippen molar-refractivity contribution in [1.29, 1.82) is 5.26 Å². The van der Waals surface area contributed by atoms with Crippen molar-refractivity contribution in [1.82, 2.24) is 0 Å². The molecule has 58 valence electrons. The van der Waals surface area contributed by atoms with Crippen LogP contribution in [0, 0.1) is 11.3 Å². The normalized spacial score (nSPS) is 13.5. The van der Waals surface area contributed by atoms with Crippen LogP contribution in [0.4, 0.5) is 0 Å². The molecule has 0 radical (unpaired) electrons. The monoisotopic (exact) mass is 150 g/mol. The molecule has 0 saturated carbocycles. The lowest BCUT2D eigenvalue weighted by atomic mass is 10.5. The molecule has 0 aliphatic heterocycles. The van der Waals surface area contributed by atoms with Crippen molar-refractivity contribution in [2.45, 2.75) is 13.8 Å². The van der Waals surface area contributed by atoms with Crippen molar-refractivity contribution in [3.05, 3.63) is 11.8 Å². The number of nitriles is 1. The molecule has 4 heteroatoms. The highest BCUT2D eigenvalue weighted by Gasteiger charge is 1.85. The van der Waals surface area contributed by atoms with Crippen LogP contribution in [0.25, 0.3) is 0 Å².